The number of hydrogen-bond donors (Lipinski definition) is 1. The minimum absolute atomic E-state index is 0.211. The summed E-state index contributed by atoms with van der Waals surface area (Å²) in [4.78, 5) is 2.51. The molecule has 0 bridgehead atoms. The summed E-state index contributed by atoms with van der Waals surface area (Å²) in [6.07, 6.45) is 0.978. The number of nitrogens with zero attached hydrogens (tertiary/aromatic N) is 1. The van der Waals surface area contributed by atoms with Crippen LogP contribution in [0.3, 0.4) is 0 Å². The van der Waals surface area contributed by atoms with E-state index < -0.39 is 10.0 Å². The van der Waals surface area contributed by atoms with E-state index in [1.165, 1.54) is 17.3 Å². The Balaban J connectivity index is 1.59. The molecule has 1 fully saturated rings. The number of anilines is 1. The van der Waals surface area contributed by atoms with Crippen LogP contribution in [0.15, 0.2) is 53.4 Å². The molecular weight excluding hydrogens is 344 g/mol. The maximum atomic E-state index is 12.3. The number of hydrogen-bond acceptors (Lipinski definition) is 3. The van der Waals surface area contributed by atoms with Gasteiger partial charge in [-0.05, 0) is 49.6 Å². The summed E-state index contributed by atoms with van der Waals surface area (Å²) >= 11 is 5.88. The number of rotatable bonds is 5. The lowest BCUT2D eigenvalue weighted by Gasteiger charge is -2.19. The van der Waals surface area contributed by atoms with Crippen molar-refractivity contribution in [2.75, 3.05) is 24.5 Å². The lowest BCUT2D eigenvalue weighted by atomic mass is 10.1. The van der Waals surface area contributed by atoms with Gasteiger partial charge < -0.3 is 4.90 Å². The second kappa shape index (κ2) is 7.13. The summed E-state index contributed by atoms with van der Waals surface area (Å²) in [5, 5.41) is 0.421. The second-order valence-electron chi connectivity index (χ2n) is 6.25. The Bertz CT molecular complexity index is 806. The zero-order valence-electron chi connectivity index (χ0n) is 13.6. The lowest BCUT2D eigenvalue weighted by molar-refractivity contribution is 0.541. The van der Waals surface area contributed by atoms with Crippen LogP contribution in [-0.2, 0) is 10.0 Å². The third-order valence-electron chi connectivity index (χ3n) is 4.35. The Morgan fingerprint density at radius 1 is 1.21 bits per heavy atom. The van der Waals surface area contributed by atoms with Gasteiger partial charge in [0.25, 0.3) is 0 Å². The summed E-state index contributed by atoms with van der Waals surface area (Å²) < 4.78 is 27.4. The van der Waals surface area contributed by atoms with Gasteiger partial charge >= 0.3 is 0 Å². The average molecular weight is 365 g/mol. The molecule has 128 valence electrons. The topological polar surface area (TPSA) is 49.4 Å². The number of aryl methyl sites for hydroxylation is 1. The summed E-state index contributed by atoms with van der Waals surface area (Å²) in [7, 11) is -3.51. The predicted molar refractivity (Wildman–Crippen MR) is 98.1 cm³/mol. The predicted octanol–water partition coefficient (Wildman–Crippen LogP) is 3.45. The van der Waals surface area contributed by atoms with Crippen LogP contribution in [0, 0.1) is 12.8 Å². The van der Waals surface area contributed by atoms with Gasteiger partial charge in [0.2, 0.25) is 10.0 Å². The molecule has 1 unspecified atom stereocenters. The van der Waals surface area contributed by atoms with Crippen molar-refractivity contribution >= 4 is 27.3 Å². The molecular formula is C18H21ClN2O2S. The highest BCUT2D eigenvalue weighted by Gasteiger charge is 2.24. The summed E-state index contributed by atoms with van der Waals surface area (Å²) in [6.45, 7) is 4.33. The maximum Gasteiger partial charge on any atom is 0.240 e. The molecule has 24 heavy (non-hydrogen) atoms. The molecule has 1 aliphatic rings. The molecule has 1 saturated heterocycles. The van der Waals surface area contributed by atoms with Crippen molar-refractivity contribution in [1.29, 1.82) is 0 Å². The van der Waals surface area contributed by atoms with Crippen LogP contribution >= 0.6 is 11.6 Å². The average Bonchev–Trinajstić information content (AvgIpc) is 3.03. The molecule has 0 amide bonds. The molecule has 0 radical (unpaired) electrons. The molecule has 1 heterocycles. The Hall–Kier alpha value is -1.56. The smallest absolute Gasteiger partial charge is 0.240 e. The fraction of sp³-hybridized carbons (Fsp3) is 0.333. The van der Waals surface area contributed by atoms with Crippen molar-refractivity contribution in [3.8, 4) is 0 Å². The highest BCUT2D eigenvalue weighted by Crippen LogP contribution is 2.24. The van der Waals surface area contributed by atoms with Crippen molar-refractivity contribution < 1.29 is 8.42 Å². The number of sulfonamides is 1. The van der Waals surface area contributed by atoms with Gasteiger partial charge in [-0.3, -0.25) is 0 Å². The second-order valence-corrected chi connectivity index (χ2v) is 8.45. The molecule has 6 heteroatoms. The monoisotopic (exact) mass is 364 g/mol. The van der Waals surface area contributed by atoms with Gasteiger partial charge in [-0.1, -0.05) is 35.4 Å². The van der Waals surface area contributed by atoms with Crippen molar-refractivity contribution in [2.24, 2.45) is 5.92 Å². The van der Waals surface area contributed by atoms with Crippen molar-refractivity contribution in [3.63, 3.8) is 0 Å². The third-order valence-corrected chi connectivity index (χ3v) is 6.01. The minimum atomic E-state index is -3.51. The molecule has 3 rings (SSSR count). The molecule has 4 nitrogen and oxygen atoms in total. The molecule has 1 aliphatic heterocycles. The Morgan fingerprint density at radius 2 is 1.96 bits per heavy atom. The molecule has 2 aromatic carbocycles. The van der Waals surface area contributed by atoms with Crippen molar-refractivity contribution in [1.82, 2.24) is 4.72 Å². The van der Waals surface area contributed by atoms with E-state index in [4.69, 9.17) is 11.6 Å². The highest BCUT2D eigenvalue weighted by molar-refractivity contribution is 7.89. The molecule has 0 aliphatic carbocycles. The van der Waals surface area contributed by atoms with Gasteiger partial charge in [-0.2, -0.15) is 0 Å². The van der Waals surface area contributed by atoms with E-state index in [-0.39, 0.29) is 4.90 Å². The molecule has 1 atom stereocenters. The van der Waals surface area contributed by atoms with Crippen LogP contribution < -0.4 is 9.62 Å². The molecule has 0 spiro atoms. The maximum absolute atomic E-state index is 12.3. The Morgan fingerprint density at radius 3 is 2.67 bits per heavy atom. The van der Waals surface area contributed by atoms with Crippen LogP contribution in [-0.4, -0.2) is 28.1 Å². The normalized spacial score (nSPS) is 18.1. The zero-order chi connectivity index (χ0) is 17.2. The van der Waals surface area contributed by atoms with Gasteiger partial charge in [0.05, 0.1) is 4.90 Å². The van der Waals surface area contributed by atoms with Gasteiger partial charge in [-0.25, -0.2) is 13.1 Å². The van der Waals surface area contributed by atoms with Gasteiger partial charge in [-0.15, -0.1) is 0 Å². The van der Waals surface area contributed by atoms with Crippen molar-refractivity contribution in [3.05, 3.63) is 59.1 Å². The number of halogens is 1. The number of nitrogens with one attached hydrogen (secondary N) is 1. The van der Waals surface area contributed by atoms with E-state index in [1.807, 2.05) is 0 Å². The van der Waals surface area contributed by atoms with E-state index in [0.29, 0.717) is 17.5 Å². The van der Waals surface area contributed by atoms with Crippen LogP contribution in [0.2, 0.25) is 5.02 Å². The fourth-order valence-electron chi connectivity index (χ4n) is 2.93. The standard InChI is InChI=1S/C18H21ClN2O2S/c1-14-5-7-17(8-6-14)21-10-9-15(13-21)12-20-24(22,23)18-4-2-3-16(19)11-18/h2-8,11,15,20H,9-10,12-13H2,1H3. The minimum Gasteiger partial charge on any atom is -0.371 e. The largest absolute Gasteiger partial charge is 0.371 e. The van der Waals surface area contributed by atoms with E-state index >= 15 is 0 Å². The highest BCUT2D eigenvalue weighted by atomic mass is 35.5. The molecule has 2 aromatic rings. The zero-order valence-corrected chi connectivity index (χ0v) is 15.1. The summed E-state index contributed by atoms with van der Waals surface area (Å²) in [5.41, 5.74) is 2.43. The van der Waals surface area contributed by atoms with E-state index in [9.17, 15) is 8.42 Å². The van der Waals surface area contributed by atoms with Crippen LogP contribution in [0.4, 0.5) is 5.69 Å². The van der Waals surface area contributed by atoms with Gasteiger partial charge in [0, 0.05) is 30.3 Å². The first-order valence-corrected chi connectivity index (χ1v) is 9.87. The fourth-order valence-corrected chi connectivity index (χ4v) is 4.35. The molecule has 1 N–H and O–H groups in total. The van der Waals surface area contributed by atoms with Crippen LogP contribution in [0.1, 0.15) is 12.0 Å². The lowest BCUT2D eigenvalue weighted by Crippen LogP contribution is -2.31. The van der Waals surface area contributed by atoms with Crippen LogP contribution in [0.5, 0.6) is 0 Å². The van der Waals surface area contributed by atoms with Crippen molar-refractivity contribution in [2.45, 2.75) is 18.2 Å². The Labute approximate surface area is 148 Å². The van der Waals surface area contributed by atoms with Gasteiger partial charge in [0.1, 0.15) is 0 Å². The Kier molecular flexibility index (Phi) is 5.13. The van der Waals surface area contributed by atoms with Crippen LogP contribution in [0.25, 0.3) is 0 Å². The quantitative estimate of drug-likeness (QED) is 0.884. The molecule has 0 saturated carbocycles. The van der Waals surface area contributed by atoms with Gasteiger partial charge in [0.15, 0.2) is 0 Å². The SMILES string of the molecule is Cc1ccc(N2CCC(CNS(=O)(=O)c3cccc(Cl)c3)C2)cc1. The summed E-state index contributed by atoms with van der Waals surface area (Å²) in [6, 6.07) is 14.8. The van der Waals surface area contributed by atoms with E-state index in [1.54, 1.807) is 18.2 Å². The first-order valence-electron chi connectivity index (χ1n) is 8.01. The first kappa shape index (κ1) is 17.3. The van der Waals surface area contributed by atoms with E-state index in [2.05, 4.69) is 40.8 Å². The number of benzene rings is 2. The first-order chi connectivity index (χ1) is 11.4. The molecule has 0 aromatic heterocycles. The third kappa shape index (κ3) is 4.09. The van der Waals surface area contributed by atoms with E-state index in [0.717, 1.165) is 19.5 Å². The summed E-state index contributed by atoms with van der Waals surface area (Å²) in [5.74, 6) is 0.306.